The fraction of sp³-hybridized carbons (Fsp3) is 0.400. The van der Waals surface area contributed by atoms with Crippen molar-refractivity contribution >= 4 is 12.4 Å². The van der Waals surface area contributed by atoms with Crippen LogP contribution < -0.4 is 4.74 Å². The highest BCUT2D eigenvalue weighted by Gasteiger charge is 2.44. The average Bonchev–Trinajstić information content (AvgIpc) is 2.54. The summed E-state index contributed by atoms with van der Waals surface area (Å²) >= 11 is 0. The number of hydrogen-bond acceptors (Lipinski definition) is 7. The Kier molecular flexibility index (Phi) is 5.64. The molecule has 1 heterocycles. The molecule has 7 heteroatoms. The summed E-state index contributed by atoms with van der Waals surface area (Å²) in [4.78, 5) is 10.2. The molecule has 5 atom stereocenters. The highest BCUT2D eigenvalue weighted by atomic mass is 16.7. The van der Waals surface area contributed by atoms with E-state index in [1.807, 2.05) is 0 Å². The number of aldehydes is 1. The van der Waals surface area contributed by atoms with Gasteiger partial charge in [0.1, 0.15) is 36.5 Å². The molecule has 7 nitrogen and oxygen atoms in total. The molecule has 0 saturated carbocycles. The van der Waals surface area contributed by atoms with Gasteiger partial charge in [0.05, 0.1) is 6.61 Å². The Morgan fingerprint density at radius 1 is 1.09 bits per heavy atom. The van der Waals surface area contributed by atoms with E-state index < -0.39 is 37.3 Å². The van der Waals surface area contributed by atoms with E-state index in [0.29, 0.717) is 12.0 Å². The van der Waals surface area contributed by atoms with Crippen molar-refractivity contribution in [3.05, 3.63) is 35.9 Å². The van der Waals surface area contributed by atoms with Crippen molar-refractivity contribution in [2.75, 3.05) is 6.61 Å². The minimum Gasteiger partial charge on any atom is -0.462 e. The topological polar surface area (TPSA) is 116 Å². The van der Waals surface area contributed by atoms with Gasteiger partial charge in [-0.1, -0.05) is 18.2 Å². The number of aliphatic hydroxyl groups excluding tert-OH is 4. The number of carbonyl (C=O) groups is 1. The molecule has 0 aliphatic carbocycles. The lowest BCUT2D eigenvalue weighted by Gasteiger charge is -2.39. The zero-order valence-electron chi connectivity index (χ0n) is 11.6. The monoisotopic (exact) mass is 310 g/mol. The first kappa shape index (κ1) is 16.6. The molecule has 120 valence electrons. The van der Waals surface area contributed by atoms with Crippen molar-refractivity contribution in [1.82, 2.24) is 0 Å². The summed E-state index contributed by atoms with van der Waals surface area (Å²) in [5, 5.41) is 38.3. The van der Waals surface area contributed by atoms with Gasteiger partial charge in [-0.05, 0) is 23.8 Å². The molecule has 0 spiro atoms. The largest absolute Gasteiger partial charge is 0.462 e. The third-order valence-electron chi connectivity index (χ3n) is 3.35. The molecular weight excluding hydrogens is 292 g/mol. The zero-order chi connectivity index (χ0) is 16.1. The molecule has 2 unspecified atom stereocenters. The van der Waals surface area contributed by atoms with Gasteiger partial charge in [0.25, 0.3) is 0 Å². The van der Waals surface area contributed by atoms with Crippen LogP contribution in [-0.4, -0.2) is 64.0 Å². The summed E-state index contributed by atoms with van der Waals surface area (Å²) in [6.07, 6.45) is -2.95. The van der Waals surface area contributed by atoms with Crippen LogP contribution in [0.25, 0.3) is 6.08 Å². The minimum atomic E-state index is -1.48. The smallest absolute Gasteiger partial charge is 0.229 e. The van der Waals surface area contributed by atoms with Gasteiger partial charge in [0.2, 0.25) is 6.29 Å². The Hall–Kier alpha value is -1.77. The van der Waals surface area contributed by atoms with E-state index in [1.165, 1.54) is 6.08 Å². The molecule has 0 radical (unpaired) electrons. The summed E-state index contributed by atoms with van der Waals surface area (Å²) in [6, 6.07) is 6.59. The predicted molar refractivity (Wildman–Crippen MR) is 75.9 cm³/mol. The highest BCUT2D eigenvalue weighted by Crippen LogP contribution is 2.24. The maximum atomic E-state index is 10.2. The molecule has 0 aromatic heterocycles. The van der Waals surface area contributed by atoms with Crippen LogP contribution in [0.1, 0.15) is 5.56 Å². The van der Waals surface area contributed by atoms with Crippen LogP contribution in [0.15, 0.2) is 30.3 Å². The van der Waals surface area contributed by atoms with Gasteiger partial charge in [-0.25, -0.2) is 0 Å². The average molecular weight is 310 g/mol. The van der Waals surface area contributed by atoms with Crippen LogP contribution in [0.3, 0.4) is 0 Å². The molecular formula is C15H18O7. The third kappa shape index (κ3) is 3.70. The molecule has 1 aliphatic heterocycles. The van der Waals surface area contributed by atoms with Gasteiger partial charge in [0.15, 0.2) is 0 Å². The first-order valence-corrected chi connectivity index (χ1v) is 6.76. The second-order valence-corrected chi connectivity index (χ2v) is 4.88. The molecule has 4 N–H and O–H groups in total. The Labute approximate surface area is 127 Å². The van der Waals surface area contributed by atoms with Crippen molar-refractivity contribution in [1.29, 1.82) is 0 Å². The summed E-state index contributed by atoms with van der Waals surface area (Å²) in [5.74, 6) is 0.368. The lowest BCUT2D eigenvalue weighted by atomic mass is 9.99. The summed E-state index contributed by atoms with van der Waals surface area (Å²) in [7, 11) is 0. The predicted octanol–water partition coefficient (Wildman–Crippen LogP) is -0.923. The third-order valence-corrected chi connectivity index (χ3v) is 3.35. The second kappa shape index (κ2) is 7.48. The number of hydrogen-bond donors (Lipinski definition) is 4. The summed E-state index contributed by atoms with van der Waals surface area (Å²) < 4.78 is 10.7. The van der Waals surface area contributed by atoms with Gasteiger partial charge in [0, 0.05) is 0 Å². The Bertz CT molecular complexity index is 511. The molecule has 1 aromatic carbocycles. The normalized spacial score (nSPS) is 32.1. The fourth-order valence-corrected chi connectivity index (χ4v) is 2.11. The van der Waals surface area contributed by atoms with E-state index in [4.69, 9.17) is 14.6 Å². The van der Waals surface area contributed by atoms with Crippen LogP contribution in [0.4, 0.5) is 0 Å². The van der Waals surface area contributed by atoms with Crippen LogP contribution in [0.5, 0.6) is 5.75 Å². The molecule has 0 bridgehead atoms. The maximum absolute atomic E-state index is 10.2. The van der Waals surface area contributed by atoms with E-state index in [1.54, 1.807) is 30.3 Å². The highest BCUT2D eigenvalue weighted by molar-refractivity contribution is 5.73. The second-order valence-electron chi connectivity index (χ2n) is 4.88. The SMILES string of the molecule is O=C/C=C/c1ccc(O[C@@H]2OC(CO)[C@H](O)C(O)[C@@H]2O)cc1. The van der Waals surface area contributed by atoms with Gasteiger partial charge < -0.3 is 29.9 Å². The molecule has 0 amide bonds. The summed E-state index contributed by atoms with van der Waals surface area (Å²) in [5.41, 5.74) is 0.785. The first-order valence-electron chi connectivity index (χ1n) is 6.76. The van der Waals surface area contributed by atoms with Crippen molar-refractivity contribution < 1.29 is 34.7 Å². The molecule has 1 aliphatic rings. The molecule has 1 fully saturated rings. The van der Waals surface area contributed by atoms with E-state index in [9.17, 15) is 20.1 Å². The van der Waals surface area contributed by atoms with Gasteiger partial charge in [-0.3, -0.25) is 4.79 Å². The number of carbonyl (C=O) groups excluding carboxylic acids is 1. The van der Waals surface area contributed by atoms with Crippen LogP contribution in [0, 0.1) is 0 Å². The number of rotatable bonds is 5. The molecule has 2 rings (SSSR count). The number of allylic oxidation sites excluding steroid dienone is 1. The quantitative estimate of drug-likeness (QED) is 0.410. The molecule has 22 heavy (non-hydrogen) atoms. The first-order chi connectivity index (χ1) is 10.6. The van der Waals surface area contributed by atoms with E-state index in [2.05, 4.69) is 0 Å². The number of ether oxygens (including phenoxy) is 2. The Morgan fingerprint density at radius 3 is 2.36 bits per heavy atom. The van der Waals surface area contributed by atoms with Crippen LogP contribution >= 0.6 is 0 Å². The molecule has 1 aromatic rings. The van der Waals surface area contributed by atoms with E-state index in [0.717, 1.165) is 5.56 Å². The standard InChI is InChI=1S/C15H18O7/c16-7-1-2-9-3-5-10(6-4-9)21-15-14(20)13(19)12(18)11(8-17)22-15/h1-7,11-15,17-20H,8H2/b2-1+/t11?,12-,13?,14-,15+/m0/s1. The van der Waals surface area contributed by atoms with Gasteiger partial charge in [-0.2, -0.15) is 0 Å². The minimum absolute atomic E-state index is 0.368. The van der Waals surface area contributed by atoms with Crippen molar-refractivity contribution in [2.45, 2.75) is 30.7 Å². The number of aliphatic hydroxyl groups is 4. The number of benzene rings is 1. The van der Waals surface area contributed by atoms with Crippen LogP contribution in [0.2, 0.25) is 0 Å². The lowest BCUT2D eigenvalue weighted by molar-refractivity contribution is -0.277. The van der Waals surface area contributed by atoms with Crippen LogP contribution in [-0.2, 0) is 9.53 Å². The van der Waals surface area contributed by atoms with Crippen molar-refractivity contribution in [3.8, 4) is 5.75 Å². The van der Waals surface area contributed by atoms with Gasteiger partial charge >= 0.3 is 0 Å². The van der Waals surface area contributed by atoms with E-state index >= 15 is 0 Å². The molecule has 1 saturated heterocycles. The van der Waals surface area contributed by atoms with Crippen molar-refractivity contribution in [2.24, 2.45) is 0 Å². The Morgan fingerprint density at radius 2 is 1.77 bits per heavy atom. The zero-order valence-corrected chi connectivity index (χ0v) is 11.6. The fourth-order valence-electron chi connectivity index (χ4n) is 2.11. The summed E-state index contributed by atoms with van der Waals surface area (Å²) in [6.45, 7) is -0.514. The van der Waals surface area contributed by atoms with Gasteiger partial charge in [-0.15, -0.1) is 0 Å². The lowest BCUT2D eigenvalue weighted by Crippen LogP contribution is -2.60. The Balaban J connectivity index is 2.05. The van der Waals surface area contributed by atoms with Crippen molar-refractivity contribution in [3.63, 3.8) is 0 Å². The maximum Gasteiger partial charge on any atom is 0.229 e. The van der Waals surface area contributed by atoms with E-state index in [-0.39, 0.29) is 0 Å².